The van der Waals surface area contributed by atoms with Crippen LogP contribution in [-0.2, 0) is 11.8 Å². The summed E-state index contributed by atoms with van der Waals surface area (Å²) in [5, 5.41) is 0. The second-order valence-electron chi connectivity index (χ2n) is 6.99. The third-order valence-electron chi connectivity index (χ3n) is 4.49. The Kier molecular flexibility index (Phi) is 3.16. The fourth-order valence-corrected chi connectivity index (χ4v) is 3.20. The van der Waals surface area contributed by atoms with Gasteiger partial charge in [-0.3, -0.25) is 0 Å². The predicted octanol–water partition coefficient (Wildman–Crippen LogP) is 4.37. The van der Waals surface area contributed by atoms with Crippen LogP contribution in [0, 0.1) is 0 Å². The lowest BCUT2D eigenvalue weighted by Gasteiger charge is -2.27. The first-order valence-electron chi connectivity index (χ1n) is 7.63. The van der Waals surface area contributed by atoms with Gasteiger partial charge < -0.3 is 4.90 Å². The van der Waals surface area contributed by atoms with E-state index in [1.165, 1.54) is 55.5 Å². The standard InChI is InChI=1S/C18H25N/c1-18(2,3)16-8-6-15-13-17(9-7-14(15)12-16)19-10-4-5-11-19/h6,8,12-13H,4-5,7,9-11H2,1-3H3. The summed E-state index contributed by atoms with van der Waals surface area (Å²) >= 11 is 0. The van der Waals surface area contributed by atoms with Crippen LogP contribution in [0.4, 0.5) is 0 Å². The number of hydrogen-bond donors (Lipinski definition) is 0. The first-order valence-corrected chi connectivity index (χ1v) is 7.63. The lowest BCUT2D eigenvalue weighted by molar-refractivity contribution is 0.411. The van der Waals surface area contributed by atoms with Gasteiger partial charge in [-0.1, -0.05) is 39.0 Å². The molecule has 0 amide bonds. The Hall–Kier alpha value is -1.24. The molecule has 19 heavy (non-hydrogen) atoms. The number of benzene rings is 1. The molecule has 1 aromatic rings. The van der Waals surface area contributed by atoms with E-state index in [4.69, 9.17) is 0 Å². The molecule has 0 spiro atoms. The Labute approximate surface area is 117 Å². The van der Waals surface area contributed by atoms with Crippen LogP contribution in [-0.4, -0.2) is 18.0 Å². The number of nitrogens with zero attached hydrogens (tertiary/aromatic N) is 1. The van der Waals surface area contributed by atoms with Crippen LogP contribution in [0.15, 0.2) is 23.9 Å². The maximum absolute atomic E-state index is 2.58. The number of rotatable bonds is 1. The van der Waals surface area contributed by atoms with Crippen LogP contribution >= 0.6 is 0 Å². The summed E-state index contributed by atoms with van der Waals surface area (Å²) in [6.45, 7) is 9.41. The maximum Gasteiger partial charge on any atom is 0.0175 e. The largest absolute Gasteiger partial charge is 0.375 e. The van der Waals surface area contributed by atoms with Crippen molar-refractivity contribution < 1.29 is 0 Å². The van der Waals surface area contributed by atoms with Crippen molar-refractivity contribution in [3.8, 4) is 0 Å². The summed E-state index contributed by atoms with van der Waals surface area (Å²) in [5.74, 6) is 0. The van der Waals surface area contributed by atoms with E-state index in [1.807, 2.05) is 0 Å². The Morgan fingerprint density at radius 3 is 2.42 bits per heavy atom. The predicted molar refractivity (Wildman–Crippen MR) is 82.2 cm³/mol. The fourth-order valence-electron chi connectivity index (χ4n) is 3.20. The van der Waals surface area contributed by atoms with Gasteiger partial charge in [-0.2, -0.15) is 0 Å². The first kappa shape index (κ1) is 12.8. The molecule has 0 aromatic heterocycles. The molecule has 1 heterocycles. The van der Waals surface area contributed by atoms with E-state index >= 15 is 0 Å². The molecule has 1 fully saturated rings. The van der Waals surface area contributed by atoms with Crippen molar-refractivity contribution in [2.24, 2.45) is 0 Å². The van der Waals surface area contributed by atoms with Crippen LogP contribution in [0.25, 0.3) is 6.08 Å². The molecule has 1 saturated heterocycles. The van der Waals surface area contributed by atoms with Gasteiger partial charge >= 0.3 is 0 Å². The van der Waals surface area contributed by atoms with E-state index in [0.717, 1.165) is 0 Å². The average molecular weight is 255 g/mol. The van der Waals surface area contributed by atoms with E-state index in [2.05, 4.69) is 49.9 Å². The SMILES string of the molecule is CC(C)(C)c1ccc2c(c1)CCC(N1CCCC1)=C2. The normalized spacial score (nSPS) is 19.3. The molecular weight excluding hydrogens is 230 g/mol. The van der Waals surface area contributed by atoms with Crippen molar-refractivity contribution in [1.82, 2.24) is 4.90 Å². The van der Waals surface area contributed by atoms with Gasteiger partial charge in [0.1, 0.15) is 0 Å². The van der Waals surface area contributed by atoms with E-state index in [0.29, 0.717) is 0 Å². The number of aryl methyl sites for hydroxylation is 1. The Balaban J connectivity index is 1.89. The molecule has 1 aliphatic carbocycles. The first-order chi connectivity index (χ1) is 9.04. The highest BCUT2D eigenvalue weighted by molar-refractivity contribution is 5.60. The van der Waals surface area contributed by atoms with Gasteiger partial charge in [0, 0.05) is 18.8 Å². The van der Waals surface area contributed by atoms with Crippen LogP contribution in [0.5, 0.6) is 0 Å². The zero-order chi connectivity index (χ0) is 13.5. The topological polar surface area (TPSA) is 3.24 Å². The molecule has 1 aromatic carbocycles. The third kappa shape index (κ3) is 2.56. The van der Waals surface area contributed by atoms with Gasteiger partial charge in [0.15, 0.2) is 0 Å². The molecule has 0 atom stereocenters. The van der Waals surface area contributed by atoms with E-state index < -0.39 is 0 Å². The summed E-state index contributed by atoms with van der Waals surface area (Å²) in [7, 11) is 0. The summed E-state index contributed by atoms with van der Waals surface area (Å²) in [6.07, 6.45) is 7.60. The molecule has 1 aliphatic heterocycles. The second-order valence-corrected chi connectivity index (χ2v) is 6.99. The molecule has 0 saturated carbocycles. The van der Waals surface area contributed by atoms with Gasteiger partial charge in [0.25, 0.3) is 0 Å². The van der Waals surface area contributed by atoms with E-state index in [-0.39, 0.29) is 5.41 Å². The molecule has 3 rings (SSSR count). The Morgan fingerprint density at radius 1 is 1.00 bits per heavy atom. The minimum absolute atomic E-state index is 0.258. The number of likely N-dealkylation sites (tertiary alicyclic amines) is 1. The molecular formula is C18H25N. The fraction of sp³-hybridized carbons (Fsp3) is 0.556. The third-order valence-corrected chi connectivity index (χ3v) is 4.49. The lowest BCUT2D eigenvalue weighted by atomic mass is 9.83. The Bertz CT molecular complexity index is 499. The molecule has 1 heteroatoms. The summed E-state index contributed by atoms with van der Waals surface area (Å²) in [5.41, 5.74) is 6.27. The van der Waals surface area contributed by atoms with Crippen molar-refractivity contribution in [3.05, 3.63) is 40.6 Å². The molecule has 0 unspecified atom stereocenters. The lowest BCUT2D eigenvalue weighted by Crippen LogP contribution is -2.21. The maximum atomic E-state index is 2.58. The van der Waals surface area contributed by atoms with Crippen molar-refractivity contribution in [2.45, 2.75) is 51.9 Å². The van der Waals surface area contributed by atoms with Crippen molar-refractivity contribution in [3.63, 3.8) is 0 Å². The van der Waals surface area contributed by atoms with Crippen LogP contribution in [0.2, 0.25) is 0 Å². The van der Waals surface area contributed by atoms with Gasteiger partial charge in [-0.15, -0.1) is 0 Å². The highest BCUT2D eigenvalue weighted by Gasteiger charge is 2.20. The second kappa shape index (κ2) is 4.70. The molecule has 1 nitrogen and oxygen atoms in total. The molecule has 102 valence electrons. The van der Waals surface area contributed by atoms with E-state index in [1.54, 1.807) is 5.70 Å². The zero-order valence-electron chi connectivity index (χ0n) is 12.5. The zero-order valence-corrected chi connectivity index (χ0v) is 12.5. The smallest absolute Gasteiger partial charge is 0.0175 e. The van der Waals surface area contributed by atoms with Crippen molar-refractivity contribution >= 4 is 6.08 Å². The number of fused-ring (bicyclic) bond motifs is 1. The van der Waals surface area contributed by atoms with Gasteiger partial charge in [-0.05, 0) is 53.9 Å². The number of hydrogen-bond acceptors (Lipinski definition) is 1. The minimum atomic E-state index is 0.258. The monoisotopic (exact) mass is 255 g/mol. The molecule has 2 aliphatic rings. The highest BCUT2D eigenvalue weighted by Crippen LogP contribution is 2.31. The van der Waals surface area contributed by atoms with Crippen molar-refractivity contribution in [1.29, 1.82) is 0 Å². The van der Waals surface area contributed by atoms with Crippen LogP contribution in [0.3, 0.4) is 0 Å². The van der Waals surface area contributed by atoms with Gasteiger partial charge in [0.2, 0.25) is 0 Å². The summed E-state index contributed by atoms with van der Waals surface area (Å²) < 4.78 is 0. The van der Waals surface area contributed by atoms with Crippen molar-refractivity contribution in [2.75, 3.05) is 13.1 Å². The quantitative estimate of drug-likeness (QED) is 0.720. The number of allylic oxidation sites excluding steroid dienone is 1. The molecule has 0 N–H and O–H groups in total. The highest BCUT2D eigenvalue weighted by atomic mass is 15.1. The summed E-state index contributed by atoms with van der Waals surface area (Å²) in [4.78, 5) is 2.58. The van der Waals surface area contributed by atoms with Gasteiger partial charge in [-0.25, -0.2) is 0 Å². The summed E-state index contributed by atoms with van der Waals surface area (Å²) in [6, 6.07) is 7.06. The molecule has 0 bridgehead atoms. The Morgan fingerprint density at radius 2 is 1.74 bits per heavy atom. The average Bonchev–Trinajstić information content (AvgIpc) is 2.90. The molecule has 0 radical (unpaired) electrons. The van der Waals surface area contributed by atoms with Gasteiger partial charge in [0.05, 0.1) is 0 Å². The van der Waals surface area contributed by atoms with Crippen LogP contribution < -0.4 is 0 Å². The van der Waals surface area contributed by atoms with Crippen LogP contribution in [0.1, 0.15) is 56.7 Å². The van der Waals surface area contributed by atoms with E-state index in [9.17, 15) is 0 Å². The minimum Gasteiger partial charge on any atom is -0.375 e.